The van der Waals surface area contributed by atoms with Crippen molar-refractivity contribution in [1.82, 2.24) is 19.9 Å². The fraction of sp³-hybridized carbons (Fsp3) is 0.304. The predicted octanol–water partition coefficient (Wildman–Crippen LogP) is 4.56. The van der Waals surface area contributed by atoms with Crippen LogP contribution in [0.3, 0.4) is 0 Å². The number of carbonyl (C=O) groups is 1. The van der Waals surface area contributed by atoms with Gasteiger partial charge in [-0.25, -0.2) is 0 Å². The molecule has 11 nitrogen and oxygen atoms in total. The van der Waals surface area contributed by atoms with Crippen LogP contribution in [0.5, 0.6) is 6.01 Å². The lowest BCUT2D eigenvalue weighted by Gasteiger charge is -2.34. The van der Waals surface area contributed by atoms with E-state index >= 15 is 0 Å². The predicted molar refractivity (Wildman–Crippen MR) is 132 cm³/mol. The van der Waals surface area contributed by atoms with Gasteiger partial charge in [0.25, 0.3) is 11.6 Å². The number of hydrogen-bond acceptors (Lipinski definition) is 9. The van der Waals surface area contributed by atoms with E-state index in [9.17, 15) is 28.1 Å². The van der Waals surface area contributed by atoms with E-state index in [-0.39, 0.29) is 65.5 Å². The highest BCUT2D eigenvalue weighted by Gasteiger charge is 2.31. The van der Waals surface area contributed by atoms with E-state index in [1.807, 2.05) is 0 Å². The number of aromatic nitrogens is 3. The Labute approximate surface area is 219 Å². The van der Waals surface area contributed by atoms with Crippen LogP contribution in [-0.4, -0.2) is 63.5 Å². The van der Waals surface area contributed by atoms with Crippen LogP contribution in [0.4, 0.5) is 36.4 Å². The van der Waals surface area contributed by atoms with Crippen molar-refractivity contribution in [1.29, 1.82) is 0 Å². The average molecular weight is 552 g/mol. The van der Waals surface area contributed by atoms with Crippen LogP contribution in [0.15, 0.2) is 42.5 Å². The zero-order valence-electron chi connectivity index (χ0n) is 19.9. The molecule has 3 aromatic rings. The van der Waals surface area contributed by atoms with Gasteiger partial charge in [0.05, 0.1) is 17.1 Å². The van der Waals surface area contributed by atoms with Gasteiger partial charge in [0.15, 0.2) is 0 Å². The number of halogens is 4. The van der Waals surface area contributed by atoms with Crippen LogP contribution >= 0.6 is 11.6 Å². The molecule has 0 saturated carbocycles. The Morgan fingerprint density at radius 1 is 1.13 bits per heavy atom. The van der Waals surface area contributed by atoms with Crippen molar-refractivity contribution >= 4 is 40.8 Å². The van der Waals surface area contributed by atoms with Gasteiger partial charge < -0.3 is 19.9 Å². The summed E-state index contributed by atoms with van der Waals surface area (Å²) in [4.78, 5) is 39.5. The molecular weight excluding hydrogens is 531 g/mol. The van der Waals surface area contributed by atoms with Crippen molar-refractivity contribution in [2.45, 2.75) is 13.1 Å². The molecule has 0 atom stereocenters. The molecular formula is C23H21ClF3N7O4. The van der Waals surface area contributed by atoms with Gasteiger partial charge in [-0.3, -0.25) is 14.9 Å². The summed E-state index contributed by atoms with van der Waals surface area (Å²) in [5.74, 6) is -0.182. The summed E-state index contributed by atoms with van der Waals surface area (Å²) in [5, 5.41) is 13.9. The maximum atomic E-state index is 13.1. The van der Waals surface area contributed by atoms with E-state index < -0.39 is 16.7 Å². The monoisotopic (exact) mass is 551 g/mol. The molecule has 0 unspecified atom stereocenters. The number of carbonyl (C=O) groups excluding carboxylic acids is 1. The number of ether oxygens (including phenoxy) is 1. The zero-order chi connectivity index (χ0) is 27.4. The number of nitro groups is 1. The summed E-state index contributed by atoms with van der Waals surface area (Å²) >= 11 is 5.84. The first kappa shape index (κ1) is 26.9. The van der Waals surface area contributed by atoms with Gasteiger partial charge in [-0.1, -0.05) is 17.7 Å². The van der Waals surface area contributed by atoms with E-state index in [2.05, 4.69) is 20.3 Å². The number of piperazine rings is 1. The quantitative estimate of drug-likeness (QED) is 0.332. The van der Waals surface area contributed by atoms with Crippen LogP contribution in [0.1, 0.15) is 22.8 Å². The number of alkyl halides is 3. The number of hydrogen-bond donors (Lipinski definition) is 1. The van der Waals surface area contributed by atoms with Gasteiger partial charge in [-0.15, -0.1) is 0 Å². The normalized spacial score (nSPS) is 13.8. The number of rotatable bonds is 7. The van der Waals surface area contributed by atoms with Crippen molar-refractivity contribution in [3.63, 3.8) is 0 Å². The highest BCUT2D eigenvalue weighted by molar-refractivity contribution is 6.32. The summed E-state index contributed by atoms with van der Waals surface area (Å²) in [5.41, 5.74) is -0.910. The van der Waals surface area contributed by atoms with Crippen molar-refractivity contribution in [3.8, 4) is 6.01 Å². The second-order valence-electron chi connectivity index (χ2n) is 8.08. The number of nitrogens with one attached hydrogen (secondary N) is 1. The molecule has 1 aliphatic heterocycles. The maximum absolute atomic E-state index is 13.1. The van der Waals surface area contributed by atoms with Gasteiger partial charge in [0.2, 0.25) is 11.9 Å². The molecule has 1 aliphatic rings. The van der Waals surface area contributed by atoms with Crippen LogP contribution in [-0.2, 0) is 6.18 Å². The molecule has 0 radical (unpaired) electrons. The summed E-state index contributed by atoms with van der Waals surface area (Å²) < 4.78 is 44.7. The second-order valence-corrected chi connectivity index (χ2v) is 8.49. The summed E-state index contributed by atoms with van der Waals surface area (Å²) in [6.45, 7) is 3.15. The summed E-state index contributed by atoms with van der Waals surface area (Å²) in [6, 6.07) is 8.47. The first-order valence-electron chi connectivity index (χ1n) is 11.4. The summed E-state index contributed by atoms with van der Waals surface area (Å²) in [6.07, 6.45) is -4.51. The third kappa shape index (κ3) is 6.19. The molecule has 2 heterocycles. The van der Waals surface area contributed by atoms with E-state index in [0.29, 0.717) is 13.1 Å². The molecule has 0 bridgehead atoms. The summed E-state index contributed by atoms with van der Waals surface area (Å²) in [7, 11) is 0. The Balaban J connectivity index is 1.49. The minimum Gasteiger partial charge on any atom is -0.464 e. The van der Waals surface area contributed by atoms with Crippen LogP contribution < -0.4 is 15.0 Å². The zero-order valence-corrected chi connectivity index (χ0v) is 20.7. The standard InChI is InChI=1S/C23H21ClF3N7O4/c1-2-38-22-30-20(28-16-5-3-4-15(13-16)23(25,26)27)29-21(31-22)33-10-8-32(9-11-33)19(35)14-6-7-17(24)18(12-14)34(36)37/h3-7,12-13H,2,8-11H2,1H3,(H,28,29,30,31). The first-order valence-corrected chi connectivity index (χ1v) is 11.7. The molecule has 0 aliphatic carbocycles. The lowest BCUT2D eigenvalue weighted by atomic mass is 10.1. The molecule has 1 fully saturated rings. The lowest BCUT2D eigenvalue weighted by molar-refractivity contribution is -0.384. The third-order valence-corrected chi connectivity index (χ3v) is 5.88. The molecule has 1 N–H and O–H groups in total. The Kier molecular flexibility index (Phi) is 7.80. The van der Waals surface area contributed by atoms with Gasteiger partial charge in [0.1, 0.15) is 5.02 Å². The van der Waals surface area contributed by atoms with Crippen LogP contribution in [0.25, 0.3) is 0 Å². The second kappa shape index (κ2) is 11.0. The molecule has 2 aromatic carbocycles. The first-order chi connectivity index (χ1) is 18.0. The molecule has 15 heteroatoms. The maximum Gasteiger partial charge on any atom is 0.416 e. The number of nitrogens with zero attached hydrogens (tertiary/aromatic N) is 6. The molecule has 1 aromatic heterocycles. The fourth-order valence-electron chi connectivity index (χ4n) is 3.72. The fourth-order valence-corrected chi connectivity index (χ4v) is 3.90. The van der Waals surface area contributed by atoms with Crippen molar-refractivity contribution in [2.24, 2.45) is 0 Å². The third-order valence-electron chi connectivity index (χ3n) is 5.56. The number of anilines is 3. The van der Waals surface area contributed by atoms with Gasteiger partial charge in [-0.2, -0.15) is 28.1 Å². The van der Waals surface area contributed by atoms with Crippen LogP contribution in [0, 0.1) is 10.1 Å². The van der Waals surface area contributed by atoms with Gasteiger partial charge in [-0.05, 0) is 37.3 Å². The van der Waals surface area contributed by atoms with E-state index in [1.165, 1.54) is 29.2 Å². The lowest BCUT2D eigenvalue weighted by Crippen LogP contribution is -2.49. The Bertz CT molecular complexity index is 1350. The minimum absolute atomic E-state index is 0.00949. The molecule has 1 amide bonds. The molecule has 38 heavy (non-hydrogen) atoms. The number of amides is 1. The van der Waals surface area contributed by atoms with E-state index in [0.717, 1.165) is 18.2 Å². The molecule has 1 saturated heterocycles. The highest BCUT2D eigenvalue weighted by Crippen LogP contribution is 2.31. The SMILES string of the molecule is CCOc1nc(Nc2cccc(C(F)(F)F)c2)nc(N2CCN(C(=O)c3ccc(Cl)c([N+](=O)[O-])c3)CC2)n1. The Morgan fingerprint density at radius 3 is 2.53 bits per heavy atom. The van der Waals surface area contributed by atoms with E-state index in [4.69, 9.17) is 16.3 Å². The van der Waals surface area contributed by atoms with Gasteiger partial charge in [0, 0.05) is 43.5 Å². The smallest absolute Gasteiger partial charge is 0.416 e. The average Bonchev–Trinajstić information content (AvgIpc) is 2.88. The minimum atomic E-state index is -4.51. The number of benzene rings is 2. The van der Waals surface area contributed by atoms with Crippen LogP contribution in [0.2, 0.25) is 5.02 Å². The Morgan fingerprint density at radius 2 is 1.87 bits per heavy atom. The molecule has 0 spiro atoms. The molecule has 4 rings (SSSR count). The molecule has 200 valence electrons. The van der Waals surface area contributed by atoms with Crippen molar-refractivity contribution < 1.29 is 27.6 Å². The highest BCUT2D eigenvalue weighted by atomic mass is 35.5. The van der Waals surface area contributed by atoms with Crippen molar-refractivity contribution in [3.05, 3.63) is 68.7 Å². The van der Waals surface area contributed by atoms with E-state index in [1.54, 1.807) is 11.8 Å². The van der Waals surface area contributed by atoms with Crippen molar-refractivity contribution in [2.75, 3.05) is 43.0 Å². The van der Waals surface area contributed by atoms with Gasteiger partial charge >= 0.3 is 12.2 Å². The number of nitro benzene ring substituents is 1. The Hall–Kier alpha value is -4.20. The topological polar surface area (TPSA) is 127 Å². The largest absolute Gasteiger partial charge is 0.464 e.